The zero-order valence-corrected chi connectivity index (χ0v) is 20.6. The summed E-state index contributed by atoms with van der Waals surface area (Å²) in [5.41, 5.74) is -4.73. The number of hydrogen-bond acceptors (Lipinski definition) is 6. The van der Waals surface area contributed by atoms with Gasteiger partial charge in [0.15, 0.2) is 0 Å². The van der Waals surface area contributed by atoms with Gasteiger partial charge in [-0.2, -0.15) is 26.3 Å². The molecule has 0 aromatic heterocycles. The Morgan fingerprint density at radius 3 is 1.02 bits per heavy atom. The van der Waals surface area contributed by atoms with Crippen LogP contribution in [0.4, 0.5) is 26.3 Å². The number of hydrogen-bond donors (Lipinski definition) is 0. The van der Waals surface area contributed by atoms with Crippen molar-refractivity contribution in [1.29, 1.82) is 0 Å². The number of carbonyl (C=O) groups excluding carboxylic acids is 4. The number of esters is 4. The van der Waals surface area contributed by atoms with E-state index in [-0.39, 0.29) is 33.4 Å². The van der Waals surface area contributed by atoms with E-state index in [1.165, 1.54) is 12.1 Å². The first-order chi connectivity index (χ1) is 19.7. The summed E-state index contributed by atoms with van der Waals surface area (Å²) in [5, 5.41) is 0. The van der Waals surface area contributed by atoms with Crippen LogP contribution >= 0.6 is 0 Å². The Kier molecular flexibility index (Phi) is 5.85. The van der Waals surface area contributed by atoms with Gasteiger partial charge in [0.1, 0.15) is 0 Å². The largest absolute Gasteiger partial charge is 0.416 e. The van der Waals surface area contributed by atoms with Gasteiger partial charge in [-0.15, -0.1) is 0 Å². The molecule has 12 heteroatoms. The number of cyclic esters (lactones) is 2. The van der Waals surface area contributed by atoms with Crippen LogP contribution < -0.4 is 0 Å². The molecular weight excluding hydrogens is 570 g/mol. The third kappa shape index (κ3) is 4.41. The van der Waals surface area contributed by atoms with Crippen LogP contribution in [0.5, 0.6) is 0 Å². The summed E-state index contributed by atoms with van der Waals surface area (Å²) in [6, 6.07) is 12.1. The van der Waals surface area contributed by atoms with E-state index in [9.17, 15) is 45.5 Å². The highest BCUT2D eigenvalue weighted by atomic mass is 19.4. The fourth-order valence-electron chi connectivity index (χ4n) is 4.91. The van der Waals surface area contributed by atoms with Gasteiger partial charge in [-0.1, -0.05) is 24.3 Å². The van der Waals surface area contributed by atoms with Crippen LogP contribution in [0, 0.1) is 0 Å². The average Bonchev–Trinajstić information content (AvgIpc) is 2.96. The maximum atomic E-state index is 13.6. The van der Waals surface area contributed by atoms with E-state index in [0.717, 1.165) is 60.7 Å². The molecule has 0 spiro atoms. The Hall–Kier alpha value is -5.26. The van der Waals surface area contributed by atoms with Gasteiger partial charge < -0.3 is 9.47 Å². The highest BCUT2D eigenvalue weighted by Gasteiger charge is 2.36. The standard InChI is InChI=1S/C30H12F6O6/c31-29(32,33)15-5-1-3-13(7-15)17-9-21-23-11-19(17)20-12-24(28(40)42-27(23)39)22(26(38)41-25(21)37)10-18(20)14-4-2-6-16(8-14)30(34,35)36/h1-12H. The van der Waals surface area contributed by atoms with Crippen LogP contribution in [0.3, 0.4) is 0 Å². The van der Waals surface area contributed by atoms with Crippen LogP contribution in [-0.2, 0) is 21.8 Å². The number of carbonyl (C=O) groups is 4. The molecule has 6 rings (SSSR count). The number of ether oxygens (including phenoxy) is 2. The summed E-state index contributed by atoms with van der Waals surface area (Å²) < 4.78 is 91.5. The van der Waals surface area contributed by atoms with E-state index in [1.54, 1.807) is 0 Å². The molecule has 4 aromatic carbocycles. The van der Waals surface area contributed by atoms with Gasteiger partial charge in [-0.25, -0.2) is 19.2 Å². The molecule has 0 amide bonds. The van der Waals surface area contributed by atoms with Gasteiger partial charge in [-0.3, -0.25) is 0 Å². The molecule has 0 N–H and O–H groups in total. The van der Waals surface area contributed by atoms with Crippen LogP contribution in [0.2, 0.25) is 0 Å². The lowest BCUT2D eigenvalue weighted by Gasteiger charge is -2.18. The first-order valence-corrected chi connectivity index (χ1v) is 12.0. The number of fused-ring (bicyclic) bond motifs is 5. The lowest BCUT2D eigenvalue weighted by molar-refractivity contribution is -0.138. The molecule has 0 atom stereocenters. The minimum Gasteiger partial charge on any atom is -0.386 e. The molecule has 2 aliphatic rings. The van der Waals surface area contributed by atoms with Gasteiger partial charge in [0.25, 0.3) is 0 Å². The molecule has 2 aliphatic heterocycles. The van der Waals surface area contributed by atoms with Crippen molar-refractivity contribution in [2.75, 3.05) is 0 Å². The Balaban J connectivity index is 1.77. The van der Waals surface area contributed by atoms with Crippen molar-refractivity contribution >= 4 is 23.9 Å². The fraction of sp³-hybridized carbons (Fsp3) is 0.0667. The Morgan fingerprint density at radius 2 is 0.714 bits per heavy atom. The zero-order chi connectivity index (χ0) is 30.1. The van der Waals surface area contributed by atoms with Gasteiger partial charge >= 0.3 is 36.2 Å². The smallest absolute Gasteiger partial charge is 0.386 e. The molecule has 42 heavy (non-hydrogen) atoms. The van der Waals surface area contributed by atoms with Crippen molar-refractivity contribution in [2.45, 2.75) is 12.4 Å². The monoisotopic (exact) mass is 582 g/mol. The molecule has 0 radical (unpaired) electrons. The Morgan fingerprint density at radius 1 is 0.405 bits per heavy atom. The van der Waals surface area contributed by atoms with Crippen molar-refractivity contribution in [1.82, 2.24) is 0 Å². The molecule has 2 heterocycles. The third-order valence-corrected chi connectivity index (χ3v) is 6.86. The Bertz CT molecular complexity index is 1750. The van der Waals surface area contributed by atoms with Crippen LogP contribution in [0.15, 0.2) is 72.8 Å². The third-order valence-electron chi connectivity index (χ3n) is 6.86. The minimum atomic E-state index is -4.76. The quantitative estimate of drug-likeness (QED) is 0.140. The SMILES string of the molecule is O=C1OC(=O)c2cc(-c3cccc(C(F)(F)F)c3)c3cc2C(=O)OC(=O)c2cc-3c(-c3cccc(C(F)(F)F)c3)cc21. The van der Waals surface area contributed by atoms with Gasteiger partial charge in [0.05, 0.1) is 33.4 Å². The van der Waals surface area contributed by atoms with E-state index >= 15 is 0 Å². The fourth-order valence-corrected chi connectivity index (χ4v) is 4.91. The van der Waals surface area contributed by atoms with Gasteiger partial charge in [-0.05, 0) is 81.9 Å². The Labute approximate surface area is 231 Å². The van der Waals surface area contributed by atoms with Crippen LogP contribution in [0.1, 0.15) is 52.6 Å². The van der Waals surface area contributed by atoms with E-state index in [1.807, 2.05) is 0 Å². The van der Waals surface area contributed by atoms with E-state index in [4.69, 9.17) is 9.47 Å². The van der Waals surface area contributed by atoms with Crippen LogP contribution in [-0.4, -0.2) is 23.9 Å². The minimum absolute atomic E-state index is 0.0258. The first-order valence-electron chi connectivity index (χ1n) is 12.0. The average molecular weight is 582 g/mol. The predicted octanol–water partition coefficient (Wildman–Crippen LogP) is 7.35. The van der Waals surface area contributed by atoms with Crippen LogP contribution in [0.25, 0.3) is 33.4 Å². The summed E-state index contributed by atoms with van der Waals surface area (Å²) in [7, 11) is 0. The van der Waals surface area contributed by atoms with Crippen molar-refractivity contribution in [3.05, 3.63) is 106 Å². The predicted molar refractivity (Wildman–Crippen MR) is 132 cm³/mol. The highest BCUT2D eigenvalue weighted by molar-refractivity contribution is 6.18. The molecule has 0 fully saturated rings. The maximum absolute atomic E-state index is 13.6. The summed E-state index contributed by atoms with van der Waals surface area (Å²) in [4.78, 5) is 52.2. The van der Waals surface area contributed by atoms with Crippen molar-refractivity contribution < 1.29 is 55.0 Å². The van der Waals surface area contributed by atoms with Crippen molar-refractivity contribution in [2.24, 2.45) is 0 Å². The van der Waals surface area contributed by atoms with Crippen molar-refractivity contribution in [3.8, 4) is 33.4 Å². The second-order valence-electron chi connectivity index (χ2n) is 9.40. The number of benzene rings is 4. The van der Waals surface area contributed by atoms with Crippen molar-refractivity contribution in [3.63, 3.8) is 0 Å². The second-order valence-corrected chi connectivity index (χ2v) is 9.40. The molecule has 4 aromatic rings. The topological polar surface area (TPSA) is 86.7 Å². The van der Waals surface area contributed by atoms with E-state index in [0.29, 0.717) is 0 Å². The summed E-state index contributed by atoms with van der Waals surface area (Å²) >= 11 is 0. The molecule has 210 valence electrons. The number of alkyl halides is 6. The van der Waals surface area contributed by atoms with Gasteiger partial charge in [0.2, 0.25) is 0 Å². The second kappa shape index (κ2) is 9.13. The molecule has 0 saturated heterocycles. The molecule has 0 saturated carbocycles. The lowest BCUT2D eigenvalue weighted by atomic mass is 9.84. The summed E-state index contributed by atoms with van der Waals surface area (Å²) in [6.07, 6.45) is -9.52. The maximum Gasteiger partial charge on any atom is 0.416 e. The summed E-state index contributed by atoms with van der Waals surface area (Å²) in [5.74, 6) is -5.35. The number of halogens is 6. The lowest BCUT2D eigenvalue weighted by Crippen LogP contribution is -2.23. The molecule has 6 nitrogen and oxygen atoms in total. The molecule has 4 bridgehead atoms. The highest BCUT2D eigenvalue weighted by Crippen LogP contribution is 2.45. The van der Waals surface area contributed by atoms with Gasteiger partial charge in [0, 0.05) is 0 Å². The van der Waals surface area contributed by atoms with E-state index < -0.39 is 69.6 Å². The molecule has 0 unspecified atom stereocenters. The van der Waals surface area contributed by atoms with E-state index in [2.05, 4.69) is 0 Å². The first kappa shape index (κ1) is 26.9. The normalized spacial score (nSPS) is 14.5. The zero-order valence-electron chi connectivity index (χ0n) is 20.6. The number of rotatable bonds is 2. The summed E-state index contributed by atoms with van der Waals surface area (Å²) in [6.45, 7) is 0. The molecule has 0 aliphatic carbocycles. The molecular formula is C30H12F6O6.